The number of fused-ring (bicyclic) bond motifs is 2. The predicted molar refractivity (Wildman–Crippen MR) is 54.0 cm³/mol. The molecule has 4 nitrogen and oxygen atoms in total. The number of rotatable bonds is 2. The van der Waals surface area contributed by atoms with Gasteiger partial charge in [0.2, 0.25) is 5.91 Å². The van der Waals surface area contributed by atoms with Gasteiger partial charge in [0.25, 0.3) is 0 Å². The van der Waals surface area contributed by atoms with Gasteiger partial charge in [0, 0.05) is 19.0 Å². The van der Waals surface area contributed by atoms with Crippen LogP contribution in [0.3, 0.4) is 0 Å². The van der Waals surface area contributed by atoms with E-state index in [0.717, 1.165) is 12.8 Å². The minimum Gasteiger partial charge on any atom is -0.469 e. The zero-order valence-electron chi connectivity index (χ0n) is 9.23. The van der Waals surface area contributed by atoms with Crippen LogP contribution in [0.15, 0.2) is 0 Å². The molecule has 1 aliphatic heterocycles. The first kappa shape index (κ1) is 10.5. The maximum Gasteiger partial charge on any atom is 0.310 e. The van der Waals surface area contributed by atoms with Crippen LogP contribution in [0.1, 0.15) is 26.2 Å². The van der Waals surface area contributed by atoms with Crippen molar-refractivity contribution in [2.75, 3.05) is 13.7 Å². The highest BCUT2D eigenvalue weighted by molar-refractivity contribution is 5.81. The van der Waals surface area contributed by atoms with E-state index < -0.39 is 0 Å². The molecule has 0 N–H and O–H groups in total. The van der Waals surface area contributed by atoms with Crippen molar-refractivity contribution in [2.45, 2.75) is 32.2 Å². The Kier molecular flexibility index (Phi) is 2.67. The summed E-state index contributed by atoms with van der Waals surface area (Å²) in [5.41, 5.74) is 0. The van der Waals surface area contributed by atoms with Crippen LogP contribution in [0.4, 0.5) is 0 Å². The van der Waals surface area contributed by atoms with Gasteiger partial charge in [-0.25, -0.2) is 0 Å². The number of likely N-dealkylation sites (tertiary alicyclic amines) is 1. The lowest BCUT2D eigenvalue weighted by molar-refractivity contribution is -0.148. The van der Waals surface area contributed by atoms with Crippen LogP contribution in [-0.4, -0.2) is 36.5 Å². The minimum atomic E-state index is -0.157. The fourth-order valence-corrected chi connectivity index (χ4v) is 2.99. The van der Waals surface area contributed by atoms with E-state index in [1.165, 1.54) is 7.11 Å². The van der Waals surface area contributed by atoms with Crippen LogP contribution < -0.4 is 0 Å². The Morgan fingerprint density at radius 3 is 2.87 bits per heavy atom. The molecule has 0 radical (unpaired) electrons. The SMILES string of the molecule is CCN1C(=O)C[C@@H]2C[C@H](C(=O)OC)[C@@H]1C2. The van der Waals surface area contributed by atoms with Gasteiger partial charge in [0.1, 0.15) is 0 Å². The lowest BCUT2D eigenvalue weighted by Crippen LogP contribution is -2.46. The van der Waals surface area contributed by atoms with Crippen LogP contribution >= 0.6 is 0 Å². The van der Waals surface area contributed by atoms with Gasteiger partial charge in [-0.05, 0) is 25.7 Å². The smallest absolute Gasteiger partial charge is 0.310 e. The fourth-order valence-electron chi connectivity index (χ4n) is 2.99. The first-order chi connectivity index (χ1) is 7.17. The average molecular weight is 211 g/mol. The molecule has 1 saturated heterocycles. The second kappa shape index (κ2) is 3.83. The van der Waals surface area contributed by atoms with Crippen LogP contribution in [0.25, 0.3) is 0 Å². The molecule has 1 saturated carbocycles. The molecule has 0 unspecified atom stereocenters. The number of carbonyl (C=O) groups is 2. The van der Waals surface area contributed by atoms with Crippen molar-refractivity contribution in [1.82, 2.24) is 4.90 Å². The van der Waals surface area contributed by atoms with E-state index in [4.69, 9.17) is 4.74 Å². The molecule has 2 aliphatic rings. The van der Waals surface area contributed by atoms with E-state index in [0.29, 0.717) is 18.9 Å². The third-order valence-corrected chi connectivity index (χ3v) is 3.66. The molecule has 1 amide bonds. The summed E-state index contributed by atoms with van der Waals surface area (Å²) in [7, 11) is 1.42. The van der Waals surface area contributed by atoms with E-state index in [1.54, 1.807) is 0 Å². The fraction of sp³-hybridized carbons (Fsp3) is 0.818. The zero-order chi connectivity index (χ0) is 11.0. The molecule has 2 fully saturated rings. The van der Waals surface area contributed by atoms with Crippen molar-refractivity contribution in [2.24, 2.45) is 11.8 Å². The number of amides is 1. The van der Waals surface area contributed by atoms with Crippen molar-refractivity contribution in [3.05, 3.63) is 0 Å². The molecule has 3 atom stereocenters. The monoisotopic (exact) mass is 211 g/mol. The standard InChI is InChI=1S/C11H17NO3/c1-3-12-9-5-7(6-10(12)13)4-8(9)11(14)15-2/h7-9H,3-6H2,1-2H3/t7-,8+,9+/m1/s1. The van der Waals surface area contributed by atoms with Gasteiger partial charge >= 0.3 is 5.97 Å². The molecule has 0 spiro atoms. The van der Waals surface area contributed by atoms with Gasteiger partial charge in [-0.3, -0.25) is 9.59 Å². The van der Waals surface area contributed by atoms with Gasteiger partial charge in [-0.15, -0.1) is 0 Å². The van der Waals surface area contributed by atoms with Crippen LogP contribution in [0.5, 0.6) is 0 Å². The van der Waals surface area contributed by atoms with E-state index in [1.807, 2.05) is 11.8 Å². The average Bonchev–Trinajstić information content (AvgIpc) is 2.56. The Morgan fingerprint density at radius 1 is 1.53 bits per heavy atom. The summed E-state index contributed by atoms with van der Waals surface area (Å²) in [6.07, 6.45) is 2.40. The molecule has 15 heavy (non-hydrogen) atoms. The summed E-state index contributed by atoms with van der Waals surface area (Å²) in [5.74, 6) is 0.349. The molecule has 2 rings (SSSR count). The molecule has 84 valence electrons. The lowest BCUT2D eigenvalue weighted by atomic mass is 9.98. The van der Waals surface area contributed by atoms with Crippen molar-refractivity contribution in [3.63, 3.8) is 0 Å². The van der Waals surface area contributed by atoms with Crippen LogP contribution in [0, 0.1) is 11.8 Å². The molecule has 0 aromatic carbocycles. The molecular weight excluding hydrogens is 194 g/mol. The summed E-state index contributed by atoms with van der Waals surface area (Å²) < 4.78 is 4.79. The quantitative estimate of drug-likeness (QED) is 0.635. The minimum absolute atomic E-state index is 0.0913. The number of piperidine rings is 1. The first-order valence-electron chi connectivity index (χ1n) is 5.54. The van der Waals surface area contributed by atoms with Gasteiger partial charge in [0.05, 0.1) is 13.0 Å². The summed E-state index contributed by atoms with van der Waals surface area (Å²) >= 11 is 0. The van der Waals surface area contributed by atoms with Gasteiger partial charge in [-0.1, -0.05) is 0 Å². The van der Waals surface area contributed by atoms with Crippen molar-refractivity contribution >= 4 is 11.9 Å². The number of hydrogen-bond donors (Lipinski definition) is 0. The first-order valence-corrected chi connectivity index (χ1v) is 5.54. The number of nitrogens with zero attached hydrogens (tertiary/aromatic N) is 1. The van der Waals surface area contributed by atoms with E-state index in [9.17, 15) is 9.59 Å². The Hall–Kier alpha value is -1.06. The highest BCUT2D eigenvalue weighted by Gasteiger charge is 2.47. The Balaban J connectivity index is 2.18. The topological polar surface area (TPSA) is 46.6 Å². The highest BCUT2D eigenvalue weighted by Crippen LogP contribution is 2.41. The molecule has 2 bridgehead atoms. The molecule has 1 heterocycles. The molecule has 4 heteroatoms. The normalized spacial score (nSPS) is 34.4. The van der Waals surface area contributed by atoms with Crippen LogP contribution in [0.2, 0.25) is 0 Å². The number of methoxy groups -OCH3 is 1. The van der Waals surface area contributed by atoms with Crippen LogP contribution in [-0.2, 0) is 14.3 Å². The second-order valence-electron chi connectivity index (χ2n) is 4.42. The molecule has 1 aliphatic carbocycles. The van der Waals surface area contributed by atoms with E-state index >= 15 is 0 Å². The van der Waals surface area contributed by atoms with E-state index in [-0.39, 0.29) is 23.8 Å². The highest BCUT2D eigenvalue weighted by atomic mass is 16.5. The predicted octanol–water partition coefficient (Wildman–Crippen LogP) is 0.806. The van der Waals surface area contributed by atoms with E-state index in [2.05, 4.69) is 0 Å². The second-order valence-corrected chi connectivity index (χ2v) is 4.42. The Labute approximate surface area is 89.6 Å². The van der Waals surface area contributed by atoms with Gasteiger partial charge in [0.15, 0.2) is 0 Å². The van der Waals surface area contributed by atoms with Crippen molar-refractivity contribution in [1.29, 1.82) is 0 Å². The molecule has 0 aromatic rings. The summed E-state index contributed by atoms with van der Waals surface area (Å²) in [5, 5.41) is 0. The van der Waals surface area contributed by atoms with Crippen molar-refractivity contribution < 1.29 is 14.3 Å². The maximum absolute atomic E-state index is 11.7. The van der Waals surface area contributed by atoms with Crippen molar-refractivity contribution in [3.8, 4) is 0 Å². The molecular formula is C11H17NO3. The number of ether oxygens (including phenoxy) is 1. The third-order valence-electron chi connectivity index (χ3n) is 3.66. The summed E-state index contributed by atoms with van der Waals surface area (Å²) in [6, 6.07) is 0.0914. The number of hydrogen-bond acceptors (Lipinski definition) is 3. The van der Waals surface area contributed by atoms with Gasteiger partial charge < -0.3 is 9.64 Å². The molecule has 0 aromatic heterocycles. The zero-order valence-corrected chi connectivity index (χ0v) is 9.23. The third kappa shape index (κ3) is 1.62. The Morgan fingerprint density at radius 2 is 2.27 bits per heavy atom. The summed E-state index contributed by atoms with van der Waals surface area (Å²) in [4.78, 5) is 25.1. The largest absolute Gasteiger partial charge is 0.469 e. The Bertz CT molecular complexity index is 290. The summed E-state index contributed by atoms with van der Waals surface area (Å²) in [6.45, 7) is 2.66. The number of carbonyl (C=O) groups excluding carboxylic acids is 2. The number of esters is 1. The lowest BCUT2D eigenvalue weighted by Gasteiger charge is -2.33. The van der Waals surface area contributed by atoms with Gasteiger partial charge in [-0.2, -0.15) is 0 Å². The maximum atomic E-state index is 11.7.